The van der Waals surface area contributed by atoms with Gasteiger partial charge >= 0.3 is 0 Å². The third-order valence-corrected chi connectivity index (χ3v) is 1.39. The van der Waals surface area contributed by atoms with Crippen LogP contribution in [0.2, 0.25) is 0 Å². The van der Waals surface area contributed by atoms with Crippen molar-refractivity contribution < 1.29 is 9.53 Å². The van der Waals surface area contributed by atoms with Gasteiger partial charge in [0.05, 0.1) is 0 Å². The van der Waals surface area contributed by atoms with Crippen molar-refractivity contribution in [2.75, 3.05) is 13.7 Å². The number of rotatable bonds is 3. The number of methoxy groups -OCH3 is 1. The number of nitrogens with one attached hydrogen (secondary N) is 2. The molecule has 0 aromatic heterocycles. The summed E-state index contributed by atoms with van der Waals surface area (Å²) in [5.41, 5.74) is 0.739. The summed E-state index contributed by atoms with van der Waals surface area (Å²) in [6, 6.07) is 0. The molecule has 1 rings (SSSR count). The number of hydrogen-bond acceptors (Lipinski definition) is 3. The molecule has 13 heavy (non-hydrogen) atoms. The van der Waals surface area contributed by atoms with Crippen LogP contribution in [0.4, 0.5) is 0 Å². The van der Waals surface area contributed by atoms with Crippen LogP contribution in [0.1, 0.15) is 0 Å². The van der Waals surface area contributed by atoms with E-state index in [9.17, 15) is 4.79 Å². The third kappa shape index (κ3) is 3.57. The van der Waals surface area contributed by atoms with Crippen molar-refractivity contribution in [3.8, 4) is 0 Å². The SMILES string of the molecule is COCC(=O)NC1=CC=CNC=C1. The molecule has 1 amide bonds. The van der Waals surface area contributed by atoms with Gasteiger partial charge in [-0.1, -0.05) is 0 Å². The number of allylic oxidation sites excluding steroid dienone is 3. The van der Waals surface area contributed by atoms with E-state index in [1.54, 1.807) is 24.6 Å². The van der Waals surface area contributed by atoms with Crippen LogP contribution in [0.3, 0.4) is 0 Å². The number of hydrogen-bond donors (Lipinski definition) is 2. The smallest absolute Gasteiger partial charge is 0.250 e. The van der Waals surface area contributed by atoms with Crippen molar-refractivity contribution >= 4 is 5.91 Å². The highest BCUT2D eigenvalue weighted by Gasteiger charge is 2.00. The minimum atomic E-state index is -0.159. The molecule has 0 aromatic carbocycles. The first kappa shape index (κ1) is 9.54. The zero-order valence-electron chi connectivity index (χ0n) is 7.41. The summed E-state index contributed by atoms with van der Waals surface area (Å²) < 4.78 is 4.68. The standard InChI is InChI=1S/C9H12N2O2/c1-13-7-9(12)11-8-3-2-5-10-6-4-8/h2-6,10H,7H2,1H3,(H,11,12). The van der Waals surface area contributed by atoms with E-state index in [1.165, 1.54) is 7.11 Å². The van der Waals surface area contributed by atoms with Crippen LogP contribution in [-0.4, -0.2) is 19.6 Å². The van der Waals surface area contributed by atoms with Crippen molar-refractivity contribution in [3.63, 3.8) is 0 Å². The van der Waals surface area contributed by atoms with Gasteiger partial charge in [-0.05, 0) is 18.2 Å². The highest BCUT2D eigenvalue weighted by Crippen LogP contribution is 1.95. The molecule has 0 radical (unpaired) electrons. The molecule has 70 valence electrons. The largest absolute Gasteiger partial charge is 0.375 e. The molecule has 0 spiro atoms. The Labute approximate surface area is 77.0 Å². The molecule has 1 aliphatic rings. The van der Waals surface area contributed by atoms with Crippen LogP contribution in [0.5, 0.6) is 0 Å². The van der Waals surface area contributed by atoms with Crippen molar-refractivity contribution in [2.24, 2.45) is 0 Å². The zero-order valence-corrected chi connectivity index (χ0v) is 7.41. The van der Waals surface area contributed by atoms with Gasteiger partial charge in [0.1, 0.15) is 6.61 Å². The monoisotopic (exact) mass is 180 g/mol. The first-order valence-corrected chi connectivity index (χ1v) is 3.91. The van der Waals surface area contributed by atoms with Gasteiger partial charge in [0.15, 0.2) is 0 Å². The fourth-order valence-corrected chi connectivity index (χ4v) is 0.868. The maximum atomic E-state index is 11.1. The molecule has 0 saturated heterocycles. The summed E-state index contributed by atoms with van der Waals surface area (Å²) in [6.45, 7) is 0.0717. The van der Waals surface area contributed by atoms with Crippen LogP contribution in [-0.2, 0) is 9.53 Å². The van der Waals surface area contributed by atoms with Crippen LogP contribution in [0, 0.1) is 0 Å². The summed E-state index contributed by atoms with van der Waals surface area (Å²) in [6.07, 6.45) is 8.88. The van der Waals surface area contributed by atoms with E-state index in [4.69, 9.17) is 0 Å². The molecule has 0 unspecified atom stereocenters. The van der Waals surface area contributed by atoms with E-state index < -0.39 is 0 Å². The maximum absolute atomic E-state index is 11.1. The van der Waals surface area contributed by atoms with E-state index in [2.05, 4.69) is 15.4 Å². The Morgan fingerprint density at radius 3 is 3.23 bits per heavy atom. The summed E-state index contributed by atoms with van der Waals surface area (Å²) in [4.78, 5) is 11.1. The Morgan fingerprint density at radius 1 is 1.62 bits per heavy atom. The van der Waals surface area contributed by atoms with Gasteiger partial charge in [-0.2, -0.15) is 0 Å². The van der Waals surface area contributed by atoms with Crippen LogP contribution in [0.15, 0.2) is 36.3 Å². The number of carbonyl (C=O) groups excluding carboxylic acids is 1. The number of amides is 1. The average molecular weight is 180 g/mol. The predicted molar refractivity (Wildman–Crippen MR) is 49.5 cm³/mol. The van der Waals surface area contributed by atoms with Crippen LogP contribution in [0.25, 0.3) is 0 Å². The van der Waals surface area contributed by atoms with Gasteiger partial charge in [0.2, 0.25) is 5.91 Å². The molecule has 0 aromatic rings. The molecule has 1 aliphatic heterocycles. The molecule has 1 heterocycles. The number of carbonyl (C=O) groups is 1. The van der Waals surface area contributed by atoms with Gasteiger partial charge in [0.25, 0.3) is 0 Å². The topological polar surface area (TPSA) is 50.4 Å². The second kappa shape index (κ2) is 5.16. The van der Waals surface area contributed by atoms with Gasteiger partial charge in [0, 0.05) is 25.2 Å². The molecule has 0 atom stereocenters. The van der Waals surface area contributed by atoms with E-state index in [0.717, 1.165) is 5.70 Å². The summed E-state index contributed by atoms with van der Waals surface area (Å²) in [7, 11) is 1.48. The minimum absolute atomic E-state index is 0.0717. The second-order valence-electron chi connectivity index (χ2n) is 2.46. The van der Waals surface area contributed by atoms with E-state index in [0.29, 0.717) is 0 Å². The third-order valence-electron chi connectivity index (χ3n) is 1.39. The number of ether oxygens (including phenoxy) is 1. The van der Waals surface area contributed by atoms with Gasteiger partial charge < -0.3 is 15.4 Å². The lowest BCUT2D eigenvalue weighted by Gasteiger charge is -2.03. The normalized spacial score (nSPS) is 14.4. The Hall–Kier alpha value is -1.55. The second-order valence-corrected chi connectivity index (χ2v) is 2.46. The Bertz CT molecular complexity index is 267. The Morgan fingerprint density at radius 2 is 2.46 bits per heavy atom. The van der Waals surface area contributed by atoms with Gasteiger partial charge in [-0.25, -0.2) is 0 Å². The first-order valence-electron chi connectivity index (χ1n) is 3.91. The minimum Gasteiger partial charge on any atom is -0.375 e. The summed E-state index contributed by atoms with van der Waals surface area (Å²) >= 11 is 0. The fraction of sp³-hybridized carbons (Fsp3) is 0.222. The van der Waals surface area contributed by atoms with Crippen LogP contribution < -0.4 is 10.6 Å². The molecule has 4 heteroatoms. The van der Waals surface area contributed by atoms with Crippen molar-refractivity contribution in [2.45, 2.75) is 0 Å². The summed E-state index contributed by atoms with van der Waals surface area (Å²) in [5.74, 6) is -0.159. The fourth-order valence-electron chi connectivity index (χ4n) is 0.868. The van der Waals surface area contributed by atoms with Crippen LogP contribution >= 0.6 is 0 Å². The molecule has 4 nitrogen and oxygen atoms in total. The zero-order chi connectivity index (χ0) is 9.52. The Balaban J connectivity index is 2.47. The van der Waals surface area contributed by atoms with Crippen molar-refractivity contribution in [1.29, 1.82) is 0 Å². The highest BCUT2D eigenvalue weighted by atomic mass is 16.5. The lowest BCUT2D eigenvalue weighted by atomic mass is 10.3. The van der Waals surface area contributed by atoms with Gasteiger partial charge in [-0.15, -0.1) is 0 Å². The van der Waals surface area contributed by atoms with Gasteiger partial charge in [-0.3, -0.25) is 4.79 Å². The maximum Gasteiger partial charge on any atom is 0.250 e. The molecular weight excluding hydrogens is 168 g/mol. The van der Waals surface area contributed by atoms with E-state index in [1.807, 2.05) is 6.08 Å². The lowest BCUT2D eigenvalue weighted by molar-refractivity contribution is -0.123. The first-order chi connectivity index (χ1) is 6.33. The Kier molecular flexibility index (Phi) is 3.78. The molecular formula is C9H12N2O2. The average Bonchev–Trinajstić information content (AvgIpc) is 2.33. The molecule has 0 saturated carbocycles. The van der Waals surface area contributed by atoms with Crippen molar-refractivity contribution in [3.05, 3.63) is 36.3 Å². The quantitative estimate of drug-likeness (QED) is 0.655. The van der Waals surface area contributed by atoms with E-state index in [-0.39, 0.29) is 12.5 Å². The summed E-state index contributed by atoms with van der Waals surface area (Å²) in [5, 5.41) is 5.57. The molecule has 0 aliphatic carbocycles. The van der Waals surface area contributed by atoms with E-state index >= 15 is 0 Å². The molecule has 0 fully saturated rings. The highest BCUT2D eigenvalue weighted by molar-refractivity contribution is 5.79. The lowest BCUT2D eigenvalue weighted by Crippen LogP contribution is -2.25. The molecule has 0 bridgehead atoms. The predicted octanol–water partition coefficient (Wildman–Crippen LogP) is 0.264. The van der Waals surface area contributed by atoms with Crippen molar-refractivity contribution in [1.82, 2.24) is 10.6 Å². The molecule has 2 N–H and O–H groups in total.